The Morgan fingerprint density at radius 1 is 1.09 bits per heavy atom. The third-order valence-corrected chi connectivity index (χ3v) is 6.41. The number of amides is 1. The van der Waals surface area contributed by atoms with Crippen LogP contribution in [0, 0.1) is 0 Å². The summed E-state index contributed by atoms with van der Waals surface area (Å²) in [5.41, 5.74) is 1.48. The minimum Gasteiger partial charge on any atom is -0.503 e. The Morgan fingerprint density at radius 3 is 2.47 bits per heavy atom. The van der Waals surface area contributed by atoms with Gasteiger partial charge in [0.25, 0.3) is 5.91 Å². The average Bonchev–Trinajstić information content (AvgIpc) is 3.38. The van der Waals surface area contributed by atoms with Crippen LogP contribution in [0.2, 0.25) is 5.02 Å². The number of nitrogens with zero attached hydrogens (tertiary/aromatic N) is 1. The number of anilines is 1. The molecule has 1 N–H and O–H groups in total. The van der Waals surface area contributed by atoms with Gasteiger partial charge in [-0.2, -0.15) is 0 Å². The number of benzene rings is 3. The second-order valence-corrected chi connectivity index (χ2v) is 9.05. The number of aliphatic hydroxyl groups is 1. The molecule has 2 heterocycles. The molecule has 4 aromatic rings. The summed E-state index contributed by atoms with van der Waals surface area (Å²) >= 11 is 9.56. The maximum atomic E-state index is 13.7. The van der Waals surface area contributed by atoms with Crippen LogP contribution in [0.4, 0.5) is 5.69 Å². The molecule has 1 aliphatic heterocycles. The van der Waals surface area contributed by atoms with Gasteiger partial charge in [0, 0.05) is 26.6 Å². The highest BCUT2D eigenvalue weighted by Gasteiger charge is 2.45. The number of hydrogen-bond acceptors (Lipinski definition) is 5. The number of ketones is 1. The number of Topliss-reactive ketones (excluding diaryl/α,β-unsaturated/α-hetero) is 1. The van der Waals surface area contributed by atoms with E-state index in [-0.39, 0.29) is 11.3 Å². The summed E-state index contributed by atoms with van der Waals surface area (Å²) in [6.45, 7) is 0. The third kappa shape index (κ3) is 3.67. The molecule has 0 aliphatic carbocycles. The molecule has 3 aromatic carbocycles. The number of furan rings is 1. The van der Waals surface area contributed by atoms with Gasteiger partial charge in [-0.05, 0) is 42.0 Å². The van der Waals surface area contributed by atoms with Gasteiger partial charge in [0.15, 0.2) is 22.9 Å². The van der Waals surface area contributed by atoms with Crippen molar-refractivity contribution >= 4 is 55.9 Å². The Bertz CT molecular complexity index is 1460. The first-order chi connectivity index (χ1) is 16.4. The molecule has 1 aromatic heterocycles. The van der Waals surface area contributed by atoms with Gasteiger partial charge in [0.2, 0.25) is 5.78 Å². The highest BCUT2D eigenvalue weighted by molar-refractivity contribution is 9.10. The van der Waals surface area contributed by atoms with E-state index in [1.807, 2.05) is 18.2 Å². The molecule has 0 radical (unpaired) electrons. The fraction of sp³-hybridized carbons (Fsp3) is 0.0769. The molecule has 1 amide bonds. The number of halogens is 2. The summed E-state index contributed by atoms with van der Waals surface area (Å²) in [6.07, 6.45) is 0. The summed E-state index contributed by atoms with van der Waals surface area (Å²) in [5, 5.41) is 11.9. The van der Waals surface area contributed by atoms with Crippen LogP contribution in [0.5, 0.6) is 5.75 Å². The van der Waals surface area contributed by atoms with Crippen LogP contribution in [0.15, 0.2) is 93.0 Å². The molecule has 8 heteroatoms. The van der Waals surface area contributed by atoms with E-state index in [4.69, 9.17) is 20.8 Å². The molecule has 1 unspecified atom stereocenters. The van der Waals surface area contributed by atoms with Crippen LogP contribution in [0.1, 0.15) is 22.2 Å². The monoisotopic (exact) mass is 537 g/mol. The van der Waals surface area contributed by atoms with Crippen molar-refractivity contribution < 1.29 is 23.8 Å². The first-order valence-electron chi connectivity index (χ1n) is 10.3. The molecule has 170 valence electrons. The minimum atomic E-state index is -0.853. The van der Waals surface area contributed by atoms with Crippen LogP contribution in [0.3, 0.4) is 0 Å². The fourth-order valence-electron chi connectivity index (χ4n) is 4.13. The summed E-state index contributed by atoms with van der Waals surface area (Å²) in [6, 6.07) is 20.0. The molecule has 6 nitrogen and oxygen atoms in total. The lowest BCUT2D eigenvalue weighted by atomic mass is 9.95. The van der Waals surface area contributed by atoms with E-state index in [1.165, 1.54) is 18.1 Å². The number of para-hydroxylation sites is 1. The quantitative estimate of drug-likeness (QED) is 0.288. The van der Waals surface area contributed by atoms with Crippen molar-refractivity contribution in [3.05, 3.63) is 105 Å². The highest BCUT2D eigenvalue weighted by atomic mass is 79.9. The maximum Gasteiger partial charge on any atom is 0.294 e. The predicted molar refractivity (Wildman–Crippen MR) is 133 cm³/mol. The lowest BCUT2D eigenvalue weighted by Crippen LogP contribution is -2.30. The van der Waals surface area contributed by atoms with E-state index in [9.17, 15) is 14.7 Å². The van der Waals surface area contributed by atoms with Crippen molar-refractivity contribution in [2.45, 2.75) is 6.04 Å². The van der Waals surface area contributed by atoms with E-state index < -0.39 is 23.5 Å². The van der Waals surface area contributed by atoms with Gasteiger partial charge in [-0.25, -0.2) is 0 Å². The third-order valence-electron chi connectivity index (χ3n) is 5.66. The zero-order chi connectivity index (χ0) is 24.0. The van der Waals surface area contributed by atoms with Crippen molar-refractivity contribution in [3.63, 3.8) is 0 Å². The van der Waals surface area contributed by atoms with Crippen molar-refractivity contribution in [1.29, 1.82) is 0 Å². The SMILES string of the molecule is COc1cc(Cl)cc2cc(C(=O)C3=C(O)C(=O)N(c4ccccc4)C3c3ccc(Br)cc3)oc12. The molecule has 5 rings (SSSR count). The Labute approximate surface area is 208 Å². The van der Waals surface area contributed by atoms with E-state index in [0.717, 1.165) is 4.47 Å². The first kappa shape index (κ1) is 22.3. The molecule has 1 aliphatic rings. The lowest BCUT2D eigenvalue weighted by Gasteiger charge is -2.26. The second-order valence-electron chi connectivity index (χ2n) is 7.69. The number of carbonyl (C=O) groups excluding carboxylic acids is 2. The van der Waals surface area contributed by atoms with Gasteiger partial charge >= 0.3 is 0 Å². The van der Waals surface area contributed by atoms with Crippen LogP contribution in [-0.2, 0) is 4.79 Å². The Kier molecular flexibility index (Phi) is 5.67. The number of aliphatic hydroxyl groups excluding tert-OH is 1. The van der Waals surface area contributed by atoms with E-state index >= 15 is 0 Å². The van der Waals surface area contributed by atoms with Crippen molar-refractivity contribution in [2.75, 3.05) is 12.0 Å². The molecule has 0 saturated heterocycles. The second kappa shape index (κ2) is 8.66. The van der Waals surface area contributed by atoms with Crippen molar-refractivity contribution in [1.82, 2.24) is 0 Å². The number of fused-ring (bicyclic) bond motifs is 1. The summed E-state index contributed by atoms with van der Waals surface area (Å²) in [7, 11) is 1.47. The predicted octanol–water partition coefficient (Wildman–Crippen LogP) is 6.64. The molecular weight excluding hydrogens is 522 g/mol. The number of methoxy groups -OCH3 is 1. The number of ether oxygens (including phenoxy) is 1. The maximum absolute atomic E-state index is 13.7. The molecule has 34 heavy (non-hydrogen) atoms. The van der Waals surface area contributed by atoms with Crippen molar-refractivity contribution in [3.8, 4) is 5.75 Å². The van der Waals surface area contributed by atoms with Crippen LogP contribution >= 0.6 is 27.5 Å². The number of carbonyl (C=O) groups is 2. The van der Waals surface area contributed by atoms with E-state index in [0.29, 0.717) is 33.0 Å². The standard InChI is InChI=1S/C26H17BrClNO5/c1-33-20-13-17(28)11-15-12-19(34-25(15)20)23(30)21-22(14-7-9-16(27)10-8-14)29(26(32)24(21)31)18-5-3-2-4-6-18/h2-13,22,31H,1H3. The molecule has 0 fully saturated rings. The highest BCUT2D eigenvalue weighted by Crippen LogP contribution is 2.43. The summed E-state index contributed by atoms with van der Waals surface area (Å²) < 4.78 is 12.0. The van der Waals surface area contributed by atoms with Gasteiger partial charge in [-0.1, -0.05) is 57.9 Å². The van der Waals surface area contributed by atoms with Crippen LogP contribution in [0.25, 0.3) is 11.0 Å². The topological polar surface area (TPSA) is 80.0 Å². The average molecular weight is 539 g/mol. The summed E-state index contributed by atoms with van der Waals surface area (Å²) in [5.74, 6) is -1.56. The number of hydrogen-bond donors (Lipinski definition) is 1. The Morgan fingerprint density at radius 2 is 1.79 bits per heavy atom. The van der Waals surface area contributed by atoms with Gasteiger partial charge in [-0.15, -0.1) is 0 Å². The largest absolute Gasteiger partial charge is 0.503 e. The normalized spacial score (nSPS) is 15.9. The van der Waals surface area contributed by atoms with Gasteiger partial charge in [0.05, 0.1) is 18.7 Å². The van der Waals surface area contributed by atoms with E-state index in [1.54, 1.807) is 48.5 Å². The van der Waals surface area contributed by atoms with Crippen LogP contribution < -0.4 is 9.64 Å². The van der Waals surface area contributed by atoms with E-state index in [2.05, 4.69) is 15.9 Å². The molecule has 0 spiro atoms. The van der Waals surface area contributed by atoms with Crippen molar-refractivity contribution in [2.24, 2.45) is 0 Å². The fourth-order valence-corrected chi connectivity index (χ4v) is 4.62. The molecule has 0 bridgehead atoms. The smallest absolute Gasteiger partial charge is 0.294 e. The zero-order valence-corrected chi connectivity index (χ0v) is 20.1. The minimum absolute atomic E-state index is 0.0399. The Hall–Kier alpha value is -3.55. The summed E-state index contributed by atoms with van der Waals surface area (Å²) in [4.78, 5) is 28.3. The first-order valence-corrected chi connectivity index (χ1v) is 11.4. The Balaban J connectivity index is 1.66. The number of rotatable bonds is 5. The van der Waals surface area contributed by atoms with Gasteiger partial charge in [-0.3, -0.25) is 14.5 Å². The zero-order valence-electron chi connectivity index (χ0n) is 17.8. The van der Waals surface area contributed by atoms with Crippen LogP contribution in [-0.4, -0.2) is 23.9 Å². The van der Waals surface area contributed by atoms with Gasteiger partial charge in [0.1, 0.15) is 0 Å². The molecule has 0 saturated carbocycles. The molecule has 1 atom stereocenters. The van der Waals surface area contributed by atoms with Gasteiger partial charge < -0.3 is 14.3 Å². The lowest BCUT2D eigenvalue weighted by molar-refractivity contribution is -0.117. The molecular formula is C26H17BrClNO5.